The van der Waals surface area contributed by atoms with Crippen LogP contribution in [0.25, 0.3) is 0 Å². The molecule has 1 rings (SSSR count). The van der Waals surface area contributed by atoms with Crippen LogP contribution in [-0.4, -0.2) is 21.8 Å². The molecule has 100 valence electrons. The molecule has 3 heteroatoms. The molecule has 0 saturated heterocycles. The van der Waals surface area contributed by atoms with Gasteiger partial charge in [-0.05, 0) is 45.4 Å². The Kier molecular flexibility index (Phi) is 4.59. The van der Waals surface area contributed by atoms with Crippen molar-refractivity contribution in [3.63, 3.8) is 0 Å². The first kappa shape index (κ1) is 14.5. The van der Waals surface area contributed by atoms with Crippen LogP contribution < -0.4 is 0 Å². The van der Waals surface area contributed by atoms with Gasteiger partial charge in [-0.15, -0.1) is 0 Å². The van der Waals surface area contributed by atoms with Crippen molar-refractivity contribution in [2.24, 2.45) is 11.3 Å². The SMILES string of the molecule is CCC1CCCC(CCC(C)(C)O)(C(=O)O)C1. The summed E-state index contributed by atoms with van der Waals surface area (Å²) >= 11 is 0. The lowest BCUT2D eigenvalue weighted by molar-refractivity contribution is -0.153. The molecule has 0 bridgehead atoms. The van der Waals surface area contributed by atoms with E-state index in [4.69, 9.17) is 0 Å². The first-order valence-corrected chi connectivity index (χ1v) is 6.75. The molecular formula is C14H26O3. The van der Waals surface area contributed by atoms with E-state index in [9.17, 15) is 15.0 Å². The molecule has 1 saturated carbocycles. The predicted molar refractivity (Wildman–Crippen MR) is 67.8 cm³/mol. The van der Waals surface area contributed by atoms with Crippen molar-refractivity contribution in [1.82, 2.24) is 0 Å². The summed E-state index contributed by atoms with van der Waals surface area (Å²) in [6.07, 6.45) is 5.96. The third-order valence-electron chi connectivity index (χ3n) is 4.19. The second-order valence-corrected chi connectivity index (χ2v) is 6.27. The van der Waals surface area contributed by atoms with Crippen molar-refractivity contribution in [2.75, 3.05) is 0 Å². The Morgan fingerprint density at radius 1 is 1.47 bits per heavy atom. The van der Waals surface area contributed by atoms with Crippen LogP contribution in [0.5, 0.6) is 0 Å². The zero-order valence-corrected chi connectivity index (χ0v) is 11.3. The van der Waals surface area contributed by atoms with E-state index in [0.717, 1.165) is 32.1 Å². The maximum absolute atomic E-state index is 11.6. The van der Waals surface area contributed by atoms with Crippen LogP contribution in [0.4, 0.5) is 0 Å². The van der Waals surface area contributed by atoms with Gasteiger partial charge in [-0.1, -0.05) is 26.2 Å². The van der Waals surface area contributed by atoms with Gasteiger partial charge in [0.05, 0.1) is 11.0 Å². The van der Waals surface area contributed by atoms with E-state index in [1.807, 2.05) is 0 Å². The van der Waals surface area contributed by atoms with Crippen molar-refractivity contribution in [1.29, 1.82) is 0 Å². The Balaban J connectivity index is 2.72. The minimum Gasteiger partial charge on any atom is -0.481 e. The number of carboxylic acid groups (broad SMARTS) is 1. The maximum Gasteiger partial charge on any atom is 0.309 e. The van der Waals surface area contributed by atoms with E-state index in [-0.39, 0.29) is 0 Å². The number of hydrogen-bond acceptors (Lipinski definition) is 2. The smallest absolute Gasteiger partial charge is 0.309 e. The summed E-state index contributed by atoms with van der Waals surface area (Å²) in [5.74, 6) is -0.124. The highest BCUT2D eigenvalue weighted by Gasteiger charge is 2.42. The Hall–Kier alpha value is -0.570. The molecule has 0 aliphatic heterocycles. The molecule has 0 aromatic heterocycles. The van der Waals surface area contributed by atoms with Gasteiger partial charge in [0.1, 0.15) is 0 Å². The second-order valence-electron chi connectivity index (χ2n) is 6.27. The van der Waals surface area contributed by atoms with Crippen LogP contribution >= 0.6 is 0 Å². The molecule has 2 N–H and O–H groups in total. The van der Waals surface area contributed by atoms with Crippen LogP contribution in [0.2, 0.25) is 0 Å². The van der Waals surface area contributed by atoms with Crippen LogP contribution in [0.15, 0.2) is 0 Å². The number of carbonyl (C=O) groups is 1. The summed E-state index contributed by atoms with van der Waals surface area (Å²) < 4.78 is 0. The fourth-order valence-corrected chi connectivity index (χ4v) is 2.91. The van der Waals surface area contributed by atoms with Crippen molar-refractivity contribution in [2.45, 2.75) is 71.3 Å². The number of carboxylic acids is 1. The summed E-state index contributed by atoms with van der Waals surface area (Å²) in [6, 6.07) is 0. The molecule has 1 fully saturated rings. The average Bonchev–Trinajstić information content (AvgIpc) is 2.25. The zero-order chi connectivity index (χ0) is 13.1. The van der Waals surface area contributed by atoms with Crippen LogP contribution in [0, 0.1) is 11.3 Å². The topological polar surface area (TPSA) is 57.5 Å². The van der Waals surface area contributed by atoms with Gasteiger partial charge in [-0.3, -0.25) is 4.79 Å². The summed E-state index contributed by atoms with van der Waals surface area (Å²) in [4.78, 5) is 11.6. The number of rotatable bonds is 5. The van der Waals surface area contributed by atoms with Gasteiger partial charge in [-0.2, -0.15) is 0 Å². The third-order valence-corrected chi connectivity index (χ3v) is 4.19. The Labute approximate surface area is 104 Å². The second kappa shape index (κ2) is 5.38. The number of aliphatic hydroxyl groups is 1. The van der Waals surface area contributed by atoms with E-state index in [2.05, 4.69) is 6.92 Å². The molecule has 0 amide bonds. The van der Waals surface area contributed by atoms with Crippen molar-refractivity contribution >= 4 is 5.97 Å². The van der Waals surface area contributed by atoms with Gasteiger partial charge in [0.15, 0.2) is 0 Å². The molecule has 17 heavy (non-hydrogen) atoms. The number of aliphatic carboxylic acids is 1. The molecule has 0 aromatic rings. The summed E-state index contributed by atoms with van der Waals surface area (Å²) in [6.45, 7) is 5.64. The van der Waals surface area contributed by atoms with Crippen LogP contribution in [-0.2, 0) is 4.79 Å². The van der Waals surface area contributed by atoms with Gasteiger partial charge in [-0.25, -0.2) is 0 Å². The fraction of sp³-hybridized carbons (Fsp3) is 0.929. The van der Waals surface area contributed by atoms with Crippen molar-refractivity contribution < 1.29 is 15.0 Å². The quantitative estimate of drug-likeness (QED) is 0.778. The van der Waals surface area contributed by atoms with E-state index in [0.29, 0.717) is 18.8 Å². The minimum atomic E-state index is -0.762. The molecule has 0 radical (unpaired) electrons. The van der Waals surface area contributed by atoms with E-state index >= 15 is 0 Å². The molecule has 2 unspecified atom stereocenters. The first-order chi connectivity index (χ1) is 7.79. The zero-order valence-electron chi connectivity index (χ0n) is 11.3. The standard InChI is InChI=1S/C14H26O3/c1-4-11-6-5-7-14(10-11,12(15)16)9-8-13(2,3)17/h11,17H,4-10H2,1-3H3,(H,15,16). The Morgan fingerprint density at radius 3 is 2.59 bits per heavy atom. The molecule has 3 nitrogen and oxygen atoms in total. The monoisotopic (exact) mass is 242 g/mol. The molecule has 0 spiro atoms. The van der Waals surface area contributed by atoms with Gasteiger partial charge < -0.3 is 10.2 Å². The Bertz CT molecular complexity index is 267. The van der Waals surface area contributed by atoms with Gasteiger partial charge >= 0.3 is 5.97 Å². The lowest BCUT2D eigenvalue weighted by Crippen LogP contribution is -2.38. The Morgan fingerprint density at radius 2 is 2.12 bits per heavy atom. The largest absolute Gasteiger partial charge is 0.481 e. The predicted octanol–water partition coefficient (Wildman–Crippen LogP) is 3.21. The average molecular weight is 242 g/mol. The summed E-state index contributed by atoms with van der Waals surface area (Å²) in [5.41, 5.74) is -1.35. The summed E-state index contributed by atoms with van der Waals surface area (Å²) in [7, 11) is 0. The van der Waals surface area contributed by atoms with Gasteiger partial charge in [0.2, 0.25) is 0 Å². The van der Waals surface area contributed by atoms with Crippen molar-refractivity contribution in [3.8, 4) is 0 Å². The van der Waals surface area contributed by atoms with Crippen molar-refractivity contribution in [3.05, 3.63) is 0 Å². The summed E-state index contributed by atoms with van der Waals surface area (Å²) in [5, 5.41) is 19.3. The van der Waals surface area contributed by atoms with E-state index < -0.39 is 17.0 Å². The van der Waals surface area contributed by atoms with Gasteiger partial charge in [0.25, 0.3) is 0 Å². The number of hydrogen-bond donors (Lipinski definition) is 2. The van der Waals surface area contributed by atoms with Gasteiger partial charge in [0, 0.05) is 0 Å². The first-order valence-electron chi connectivity index (χ1n) is 6.75. The lowest BCUT2D eigenvalue weighted by Gasteiger charge is -2.38. The molecular weight excluding hydrogens is 216 g/mol. The lowest BCUT2D eigenvalue weighted by atomic mass is 9.66. The molecule has 1 aliphatic rings. The third kappa shape index (κ3) is 3.98. The normalized spacial score (nSPS) is 30.2. The highest BCUT2D eigenvalue weighted by molar-refractivity contribution is 5.74. The molecule has 2 atom stereocenters. The highest BCUT2D eigenvalue weighted by Crippen LogP contribution is 2.45. The van der Waals surface area contributed by atoms with E-state index in [1.54, 1.807) is 13.8 Å². The molecule has 1 aliphatic carbocycles. The fourth-order valence-electron chi connectivity index (χ4n) is 2.91. The van der Waals surface area contributed by atoms with E-state index in [1.165, 1.54) is 0 Å². The van der Waals surface area contributed by atoms with Crippen LogP contribution in [0.1, 0.15) is 65.7 Å². The minimum absolute atomic E-state index is 0.543. The maximum atomic E-state index is 11.6. The molecule has 0 aromatic carbocycles. The molecule has 0 heterocycles. The van der Waals surface area contributed by atoms with Crippen LogP contribution in [0.3, 0.4) is 0 Å². The highest BCUT2D eigenvalue weighted by atomic mass is 16.4.